The highest BCUT2D eigenvalue weighted by Gasteiger charge is 2.53. The molecule has 1 spiro atoms. The molecule has 2 aromatic rings. The fourth-order valence-corrected chi connectivity index (χ4v) is 10.1. The Kier molecular flexibility index (Phi) is 9.33. The third-order valence-electron chi connectivity index (χ3n) is 8.22. The molecule has 0 bridgehead atoms. The topological polar surface area (TPSA) is 71.1 Å². The minimum atomic E-state index is -1.94. The molecule has 4 rings (SSSR count). The molecule has 43 heavy (non-hydrogen) atoms. The van der Waals surface area contributed by atoms with E-state index < -0.39 is 39.8 Å². The highest BCUT2D eigenvalue weighted by molar-refractivity contribution is 6.71. The molecule has 1 atom stereocenters. The predicted octanol–water partition coefficient (Wildman–Crippen LogP) is 8.68. The summed E-state index contributed by atoms with van der Waals surface area (Å²) in [5, 5.41) is 0. The summed E-state index contributed by atoms with van der Waals surface area (Å²) in [6, 6.07) is 10.8. The van der Waals surface area contributed by atoms with E-state index >= 15 is 0 Å². The van der Waals surface area contributed by atoms with E-state index in [0.29, 0.717) is 37.0 Å². The van der Waals surface area contributed by atoms with Crippen molar-refractivity contribution in [3.8, 4) is 23.0 Å². The summed E-state index contributed by atoms with van der Waals surface area (Å²) in [5.74, 6) is 2.23. The molecule has 0 fully saturated rings. The highest BCUT2D eigenvalue weighted by atomic mass is 28.4. The maximum Gasteiger partial charge on any atom is 0.280 e. The summed E-state index contributed by atoms with van der Waals surface area (Å²) in [4.78, 5) is 0. The van der Waals surface area contributed by atoms with Crippen LogP contribution in [0.25, 0.3) is 0 Å². The second kappa shape index (κ2) is 11.8. The van der Waals surface area contributed by atoms with Crippen LogP contribution in [0.4, 0.5) is 0 Å². The van der Waals surface area contributed by atoms with E-state index in [1.54, 1.807) is 0 Å². The number of fused-ring (bicyclic) bond motifs is 2. The van der Waals surface area contributed by atoms with E-state index in [1.807, 2.05) is 19.9 Å². The summed E-state index contributed by atoms with van der Waals surface area (Å²) in [6.07, 6.45) is 1.34. The van der Waals surface area contributed by atoms with Gasteiger partial charge >= 0.3 is 0 Å². The van der Waals surface area contributed by atoms with Gasteiger partial charge in [-0.25, -0.2) is 0 Å². The SMILES string of the molecule is CC[Si](=O)Cc1cc2c(cc1C[Si](=O)CC)C(C)(C)CC1(CC(C)(C)c3cc(O[Si](C)(C)C)c(O[Si](C)(C)C)cc3O1)O2. The third kappa shape index (κ3) is 7.86. The Bertz CT molecular complexity index is 1420. The first-order valence-electron chi connectivity index (χ1n) is 15.8. The van der Waals surface area contributed by atoms with Crippen molar-refractivity contribution in [2.45, 2.75) is 134 Å². The van der Waals surface area contributed by atoms with Crippen LogP contribution < -0.4 is 18.3 Å². The lowest BCUT2D eigenvalue weighted by molar-refractivity contribution is -0.166. The Morgan fingerprint density at radius 2 is 1.07 bits per heavy atom. The first-order valence-corrected chi connectivity index (χ1v) is 26.3. The molecule has 0 N–H and O–H groups in total. The van der Waals surface area contributed by atoms with Crippen LogP contribution in [-0.2, 0) is 31.8 Å². The number of hydrogen-bond acceptors (Lipinski definition) is 6. The van der Waals surface area contributed by atoms with Gasteiger partial charge in [0.1, 0.15) is 23.0 Å². The van der Waals surface area contributed by atoms with Gasteiger partial charge in [0.05, 0.1) is 0 Å². The molecule has 0 aromatic heterocycles. The largest absolute Gasteiger partial charge is 0.542 e. The van der Waals surface area contributed by atoms with Crippen molar-refractivity contribution >= 4 is 34.0 Å². The van der Waals surface area contributed by atoms with E-state index in [2.05, 4.69) is 85.2 Å². The normalized spacial score (nSPS) is 20.4. The second-order valence-electron chi connectivity index (χ2n) is 15.7. The highest BCUT2D eigenvalue weighted by Crippen LogP contribution is 2.55. The van der Waals surface area contributed by atoms with E-state index in [-0.39, 0.29) is 10.8 Å². The fraction of sp³-hybridized carbons (Fsp3) is 0.636. The zero-order valence-corrected chi connectivity index (χ0v) is 32.5. The van der Waals surface area contributed by atoms with E-state index in [0.717, 1.165) is 45.3 Å². The van der Waals surface area contributed by atoms with Crippen molar-refractivity contribution in [3.05, 3.63) is 46.5 Å². The molecular formula is C33H52O6Si4. The summed E-state index contributed by atoms with van der Waals surface area (Å²) in [5.41, 5.74) is 3.75. The van der Waals surface area contributed by atoms with E-state index in [4.69, 9.17) is 18.3 Å². The Hall–Kier alpha value is -1.89. The number of rotatable bonds is 10. The lowest BCUT2D eigenvalue weighted by atomic mass is 9.69. The second-order valence-corrected chi connectivity index (χ2v) is 28.8. The third-order valence-corrected chi connectivity index (χ3v) is 13.0. The first-order chi connectivity index (χ1) is 19.7. The molecule has 2 heterocycles. The van der Waals surface area contributed by atoms with Crippen molar-refractivity contribution in [1.82, 2.24) is 0 Å². The van der Waals surface area contributed by atoms with Crippen LogP contribution in [0, 0.1) is 0 Å². The Morgan fingerprint density at radius 3 is 1.51 bits per heavy atom. The summed E-state index contributed by atoms with van der Waals surface area (Å²) in [6.45, 7) is 26.0. The van der Waals surface area contributed by atoms with Crippen LogP contribution in [0.15, 0.2) is 24.3 Å². The van der Waals surface area contributed by atoms with Crippen LogP contribution in [0.3, 0.4) is 0 Å². The monoisotopic (exact) mass is 656 g/mol. The minimum absolute atomic E-state index is 0.256. The average molecular weight is 657 g/mol. The molecule has 1 unspecified atom stereocenters. The standard InChI is InChI=1S/C33H52O6Si4/c1-13-40(34)19-23-15-25-27(16-24(23)20-41(35)14-2)36-33(21-31(25,3)4)22-32(5,6)26-17-29(38-42(7,8)9)30(18-28(26)37-33)39-43(10,11)12/h15-18H,13-14,19-22H2,1-12H3. The van der Waals surface area contributed by atoms with Crippen molar-refractivity contribution in [1.29, 1.82) is 0 Å². The van der Waals surface area contributed by atoms with Gasteiger partial charge in [-0.1, -0.05) is 47.6 Å². The summed E-state index contributed by atoms with van der Waals surface area (Å²) >= 11 is 0. The zero-order chi connectivity index (χ0) is 32.2. The molecule has 6 nitrogen and oxygen atoms in total. The van der Waals surface area contributed by atoms with Crippen LogP contribution in [0.2, 0.25) is 51.4 Å². The predicted molar refractivity (Wildman–Crippen MR) is 181 cm³/mol. The van der Waals surface area contributed by atoms with Gasteiger partial charge < -0.3 is 27.2 Å². The quantitative estimate of drug-likeness (QED) is 0.238. The van der Waals surface area contributed by atoms with Crippen LogP contribution in [0.1, 0.15) is 76.6 Å². The summed E-state index contributed by atoms with van der Waals surface area (Å²) < 4.78 is 52.5. The van der Waals surface area contributed by atoms with Gasteiger partial charge in [-0.05, 0) is 74.6 Å². The van der Waals surface area contributed by atoms with E-state index in [1.165, 1.54) is 0 Å². The molecule has 0 saturated heterocycles. The van der Waals surface area contributed by atoms with Gasteiger partial charge in [0.25, 0.3) is 23.2 Å². The van der Waals surface area contributed by atoms with Crippen molar-refractivity contribution < 1.29 is 27.2 Å². The van der Waals surface area contributed by atoms with Crippen molar-refractivity contribution in [2.24, 2.45) is 0 Å². The maximum atomic E-state index is 12.8. The molecule has 0 radical (unpaired) electrons. The minimum Gasteiger partial charge on any atom is -0.542 e. The molecule has 2 aliphatic rings. The Labute approximate surface area is 264 Å². The Balaban J connectivity index is 1.82. The fourth-order valence-electron chi connectivity index (χ4n) is 6.42. The number of ether oxygens (including phenoxy) is 2. The maximum absolute atomic E-state index is 12.8. The summed E-state index contributed by atoms with van der Waals surface area (Å²) in [7, 11) is -7.35. The van der Waals surface area contributed by atoms with Gasteiger partial charge in [-0.15, -0.1) is 0 Å². The lowest BCUT2D eigenvalue weighted by Gasteiger charge is -2.51. The van der Waals surface area contributed by atoms with Gasteiger partial charge in [-0.3, -0.25) is 0 Å². The average Bonchev–Trinajstić information content (AvgIpc) is 2.82. The Morgan fingerprint density at radius 1 is 0.674 bits per heavy atom. The van der Waals surface area contributed by atoms with Crippen LogP contribution in [0.5, 0.6) is 23.0 Å². The lowest BCUT2D eigenvalue weighted by Crippen LogP contribution is -2.55. The molecule has 2 aromatic carbocycles. The van der Waals surface area contributed by atoms with Gasteiger partial charge in [0.15, 0.2) is 0 Å². The van der Waals surface area contributed by atoms with E-state index in [9.17, 15) is 8.92 Å². The van der Waals surface area contributed by atoms with Crippen molar-refractivity contribution in [3.63, 3.8) is 0 Å². The van der Waals surface area contributed by atoms with Crippen molar-refractivity contribution in [2.75, 3.05) is 0 Å². The molecule has 10 heteroatoms. The molecule has 0 amide bonds. The number of benzene rings is 2. The van der Waals surface area contributed by atoms with Crippen LogP contribution >= 0.6 is 0 Å². The van der Waals surface area contributed by atoms with Crippen LogP contribution in [-0.4, -0.2) is 39.8 Å². The zero-order valence-electron chi connectivity index (χ0n) is 28.5. The number of hydrogen-bond donors (Lipinski definition) is 0. The molecule has 236 valence electrons. The molecule has 2 aliphatic heterocycles. The first kappa shape index (κ1) is 34.0. The van der Waals surface area contributed by atoms with Gasteiger partial charge in [0.2, 0.25) is 16.6 Å². The van der Waals surface area contributed by atoms with Gasteiger partial charge in [0, 0.05) is 53.0 Å². The molecule has 0 aliphatic carbocycles. The van der Waals surface area contributed by atoms with Gasteiger partial charge in [-0.2, -0.15) is 0 Å². The molecule has 0 saturated carbocycles. The molecular weight excluding hydrogens is 605 g/mol. The smallest absolute Gasteiger partial charge is 0.280 e.